The lowest BCUT2D eigenvalue weighted by Gasteiger charge is -2.37. The molecule has 0 aliphatic carbocycles. The van der Waals surface area contributed by atoms with Gasteiger partial charge in [-0.25, -0.2) is 4.98 Å². The molecular weight excluding hydrogens is 334 g/mol. The number of hydrogen-bond donors (Lipinski definition) is 1. The number of amides is 1. The molecule has 1 aromatic heterocycles. The van der Waals surface area contributed by atoms with Crippen LogP contribution in [0.4, 0.5) is 5.69 Å². The molecule has 1 aliphatic rings. The average Bonchev–Trinajstić information content (AvgIpc) is 2.67. The molecule has 5 heteroatoms. The van der Waals surface area contributed by atoms with E-state index >= 15 is 0 Å². The van der Waals surface area contributed by atoms with E-state index in [0.717, 1.165) is 24.2 Å². The fourth-order valence-electron chi connectivity index (χ4n) is 3.36. The van der Waals surface area contributed by atoms with Crippen LogP contribution in [0.25, 0.3) is 0 Å². The summed E-state index contributed by atoms with van der Waals surface area (Å²) in [6.45, 7) is 3.69. The normalized spacial score (nSPS) is 17.4. The number of carbonyl (C=O) groups is 1. The fourth-order valence-corrected chi connectivity index (χ4v) is 3.57. The van der Waals surface area contributed by atoms with Gasteiger partial charge in [0.2, 0.25) is 0 Å². The molecule has 1 atom stereocenters. The Kier molecular flexibility index (Phi) is 5.92. The van der Waals surface area contributed by atoms with E-state index in [9.17, 15) is 4.79 Å². The topological polar surface area (TPSA) is 45.2 Å². The van der Waals surface area contributed by atoms with E-state index < -0.39 is 0 Å². The van der Waals surface area contributed by atoms with Crippen molar-refractivity contribution >= 4 is 23.2 Å². The molecule has 1 saturated heterocycles. The van der Waals surface area contributed by atoms with Crippen molar-refractivity contribution in [2.75, 3.05) is 11.4 Å². The highest BCUT2D eigenvalue weighted by atomic mass is 35.5. The molecular formula is C20H24ClN3O. The maximum atomic E-state index is 12.3. The lowest BCUT2D eigenvalue weighted by molar-refractivity contribution is 0.0946. The van der Waals surface area contributed by atoms with Gasteiger partial charge >= 0.3 is 0 Å². The van der Waals surface area contributed by atoms with Crippen LogP contribution in [-0.2, 0) is 6.54 Å². The molecule has 4 nitrogen and oxygen atoms in total. The summed E-state index contributed by atoms with van der Waals surface area (Å²) in [5, 5.41) is 3.53. The maximum absolute atomic E-state index is 12.3. The van der Waals surface area contributed by atoms with Crippen LogP contribution in [0, 0.1) is 0 Å². The first-order valence-electron chi connectivity index (χ1n) is 8.93. The van der Waals surface area contributed by atoms with Gasteiger partial charge in [0.15, 0.2) is 0 Å². The van der Waals surface area contributed by atoms with E-state index in [1.807, 2.05) is 36.5 Å². The number of benzene rings is 1. The van der Waals surface area contributed by atoms with Crippen molar-refractivity contribution < 1.29 is 4.79 Å². The Morgan fingerprint density at radius 1 is 1.28 bits per heavy atom. The van der Waals surface area contributed by atoms with Crippen molar-refractivity contribution in [3.63, 3.8) is 0 Å². The summed E-state index contributed by atoms with van der Waals surface area (Å²) in [6.07, 6.45) is 6.70. The minimum absolute atomic E-state index is 0.183. The van der Waals surface area contributed by atoms with E-state index in [1.54, 1.807) is 6.07 Å². The van der Waals surface area contributed by atoms with E-state index in [0.29, 0.717) is 23.3 Å². The van der Waals surface area contributed by atoms with Gasteiger partial charge in [-0.2, -0.15) is 0 Å². The number of hydrogen-bond acceptors (Lipinski definition) is 3. The summed E-state index contributed by atoms with van der Waals surface area (Å²) in [5.74, 6) is -0.183. The summed E-state index contributed by atoms with van der Waals surface area (Å²) >= 11 is 6.12. The average molecular weight is 358 g/mol. The number of aromatic nitrogens is 1. The van der Waals surface area contributed by atoms with Gasteiger partial charge in [0.05, 0.1) is 11.9 Å². The second-order valence-electron chi connectivity index (χ2n) is 6.43. The van der Waals surface area contributed by atoms with E-state index in [1.165, 1.54) is 19.3 Å². The Labute approximate surface area is 154 Å². The molecule has 1 aromatic carbocycles. The highest BCUT2D eigenvalue weighted by Crippen LogP contribution is 2.26. The number of piperidine rings is 1. The number of anilines is 1. The summed E-state index contributed by atoms with van der Waals surface area (Å²) in [7, 11) is 0. The monoisotopic (exact) mass is 357 g/mol. The SMILES string of the molecule is CCC1CCCCN1c1ccc(C(=O)NCc2ccccc2Cl)nc1. The number of nitrogens with one attached hydrogen (secondary N) is 1. The third-order valence-electron chi connectivity index (χ3n) is 4.81. The zero-order chi connectivity index (χ0) is 17.6. The van der Waals surface area contributed by atoms with Crippen LogP contribution in [0.3, 0.4) is 0 Å². The molecule has 1 N–H and O–H groups in total. The molecule has 1 amide bonds. The van der Waals surface area contributed by atoms with Crippen LogP contribution in [0.15, 0.2) is 42.6 Å². The van der Waals surface area contributed by atoms with Crippen LogP contribution in [-0.4, -0.2) is 23.5 Å². The Morgan fingerprint density at radius 2 is 2.12 bits per heavy atom. The standard InChI is InChI=1S/C20H24ClN3O/c1-2-16-8-5-6-12-24(16)17-10-11-19(22-14-17)20(25)23-13-15-7-3-4-9-18(15)21/h3-4,7,9-11,14,16H,2,5-6,8,12-13H2,1H3,(H,23,25). The van der Waals surface area contributed by atoms with Gasteiger partial charge in [0.25, 0.3) is 5.91 Å². The second-order valence-corrected chi connectivity index (χ2v) is 6.83. The van der Waals surface area contributed by atoms with Gasteiger partial charge in [-0.15, -0.1) is 0 Å². The number of rotatable bonds is 5. The zero-order valence-electron chi connectivity index (χ0n) is 14.5. The molecule has 0 bridgehead atoms. The molecule has 25 heavy (non-hydrogen) atoms. The number of nitrogens with zero attached hydrogens (tertiary/aromatic N) is 2. The minimum Gasteiger partial charge on any atom is -0.367 e. The quantitative estimate of drug-likeness (QED) is 0.860. The van der Waals surface area contributed by atoms with Gasteiger partial charge in [-0.3, -0.25) is 4.79 Å². The predicted molar refractivity (Wildman–Crippen MR) is 102 cm³/mol. The molecule has 1 fully saturated rings. The number of halogens is 1. The summed E-state index contributed by atoms with van der Waals surface area (Å²) in [4.78, 5) is 19.1. The third-order valence-corrected chi connectivity index (χ3v) is 5.18. The van der Waals surface area contributed by atoms with Crippen molar-refractivity contribution in [2.45, 2.75) is 45.2 Å². The molecule has 0 saturated carbocycles. The molecule has 1 unspecified atom stereocenters. The van der Waals surface area contributed by atoms with Gasteiger partial charge in [0, 0.05) is 24.2 Å². The van der Waals surface area contributed by atoms with Crippen LogP contribution in [0.1, 0.15) is 48.7 Å². The van der Waals surface area contributed by atoms with E-state index in [4.69, 9.17) is 11.6 Å². The van der Waals surface area contributed by atoms with Crippen molar-refractivity contribution in [1.29, 1.82) is 0 Å². The first-order chi connectivity index (χ1) is 12.2. The number of carbonyl (C=O) groups excluding carboxylic acids is 1. The molecule has 0 radical (unpaired) electrons. The highest BCUT2D eigenvalue weighted by molar-refractivity contribution is 6.31. The Hall–Kier alpha value is -2.07. The largest absolute Gasteiger partial charge is 0.367 e. The fraction of sp³-hybridized carbons (Fsp3) is 0.400. The summed E-state index contributed by atoms with van der Waals surface area (Å²) in [6, 6.07) is 11.9. The van der Waals surface area contributed by atoms with E-state index in [2.05, 4.69) is 22.1 Å². The third kappa shape index (κ3) is 4.31. The Morgan fingerprint density at radius 3 is 2.84 bits per heavy atom. The molecule has 132 valence electrons. The van der Waals surface area contributed by atoms with Crippen LogP contribution < -0.4 is 10.2 Å². The van der Waals surface area contributed by atoms with Gasteiger partial charge < -0.3 is 10.2 Å². The molecule has 3 rings (SSSR count). The van der Waals surface area contributed by atoms with Gasteiger partial charge in [0.1, 0.15) is 5.69 Å². The van der Waals surface area contributed by atoms with Crippen LogP contribution in [0.2, 0.25) is 5.02 Å². The minimum atomic E-state index is -0.183. The number of pyridine rings is 1. The van der Waals surface area contributed by atoms with Crippen molar-refractivity contribution in [1.82, 2.24) is 10.3 Å². The van der Waals surface area contributed by atoms with Gasteiger partial charge in [-0.05, 0) is 49.4 Å². The second kappa shape index (κ2) is 8.34. The molecule has 2 heterocycles. The van der Waals surface area contributed by atoms with Crippen molar-refractivity contribution in [3.05, 3.63) is 58.9 Å². The lowest BCUT2D eigenvalue weighted by Crippen LogP contribution is -2.39. The summed E-state index contributed by atoms with van der Waals surface area (Å²) < 4.78 is 0. The van der Waals surface area contributed by atoms with E-state index in [-0.39, 0.29) is 5.91 Å². The predicted octanol–water partition coefficient (Wildman–Crippen LogP) is 4.43. The van der Waals surface area contributed by atoms with Crippen molar-refractivity contribution in [2.24, 2.45) is 0 Å². The molecule has 1 aliphatic heterocycles. The molecule has 0 spiro atoms. The zero-order valence-corrected chi connectivity index (χ0v) is 15.3. The van der Waals surface area contributed by atoms with Gasteiger partial charge in [-0.1, -0.05) is 36.7 Å². The smallest absolute Gasteiger partial charge is 0.270 e. The Bertz CT molecular complexity index is 717. The summed E-state index contributed by atoms with van der Waals surface area (Å²) in [5.41, 5.74) is 2.43. The lowest BCUT2D eigenvalue weighted by atomic mass is 9.99. The molecule has 2 aromatic rings. The Balaban J connectivity index is 1.63. The maximum Gasteiger partial charge on any atom is 0.270 e. The van der Waals surface area contributed by atoms with Crippen LogP contribution in [0.5, 0.6) is 0 Å². The first kappa shape index (κ1) is 17.7. The van der Waals surface area contributed by atoms with Crippen LogP contribution >= 0.6 is 11.6 Å². The first-order valence-corrected chi connectivity index (χ1v) is 9.31. The highest BCUT2D eigenvalue weighted by Gasteiger charge is 2.21. The van der Waals surface area contributed by atoms with Crippen molar-refractivity contribution in [3.8, 4) is 0 Å².